The van der Waals surface area contributed by atoms with E-state index in [0.717, 1.165) is 30.9 Å². The Morgan fingerprint density at radius 3 is 2.38 bits per heavy atom. The molecule has 0 atom stereocenters. The Bertz CT molecular complexity index is 643. The van der Waals surface area contributed by atoms with Gasteiger partial charge in [-0.05, 0) is 51.4 Å². The highest BCUT2D eigenvalue weighted by molar-refractivity contribution is 7.91. The van der Waals surface area contributed by atoms with Crippen LogP contribution in [-0.2, 0) is 16.4 Å². The standard InChI is InChI=1S/C20H32N2O3S/c23-26(24)16-13-22(14-17-26)18-19-8-2-3-9-20(19)25-15-7-6-12-21-10-4-1-5-11-21/h2-3,8-9H,1,4-7,10-18H2. The van der Waals surface area contributed by atoms with Crippen molar-refractivity contribution in [2.45, 2.75) is 38.6 Å². The zero-order chi connectivity index (χ0) is 18.2. The normalized spacial score (nSPS) is 21.5. The van der Waals surface area contributed by atoms with Crippen LogP contribution in [0.15, 0.2) is 24.3 Å². The van der Waals surface area contributed by atoms with Crippen LogP contribution >= 0.6 is 0 Å². The zero-order valence-corrected chi connectivity index (χ0v) is 16.6. The highest BCUT2D eigenvalue weighted by Crippen LogP contribution is 2.21. The maximum absolute atomic E-state index is 11.6. The molecule has 2 heterocycles. The third-order valence-corrected chi connectivity index (χ3v) is 6.99. The van der Waals surface area contributed by atoms with Crippen LogP contribution in [0.5, 0.6) is 5.75 Å². The summed E-state index contributed by atoms with van der Waals surface area (Å²) in [5, 5.41) is 0. The van der Waals surface area contributed by atoms with Crippen molar-refractivity contribution in [1.29, 1.82) is 0 Å². The molecule has 0 radical (unpaired) electrons. The quantitative estimate of drug-likeness (QED) is 0.649. The monoisotopic (exact) mass is 380 g/mol. The molecule has 0 aliphatic carbocycles. The van der Waals surface area contributed by atoms with Crippen LogP contribution in [0.25, 0.3) is 0 Å². The summed E-state index contributed by atoms with van der Waals surface area (Å²) >= 11 is 0. The Labute approximate surface area is 158 Å². The molecule has 2 fully saturated rings. The number of sulfone groups is 1. The van der Waals surface area contributed by atoms with Crippen LogP contribution in [0.4, 0.5) is 0 Å². The SMILES string of the molecule is O=S1(=O)CCN(Cc2ccccc2OCCCCN2CCCCC2)CC1. The molecule has 0 spiro atoms. The second-order valence-corrected chi connectivity index (χ2v) is 9.80. The Morgan fingerprint density at radius 1 is 0.885 bits per heavy atom. The number of nitrogens with zero attached hydrogens (tertiary/aromatic N) is 2. The fourth-order valence-electron chi connectivity index (χ4n) is 3.73. The van der Waals surface area contributed by atoms with E-state index in [-0.39, 0.29) is 11.5 Å². The van der Waals surface area contributed by atoms with Crippen LogP contribution in [-0.4, -0.2) is 69.1 Å². The van der Waals surface area contributed by atoms with E-state index in [0.29, 0.717) is 13.1 Å². The van der Waals surface area contributed by atoms with Gasteiger partial charge < -0.3 is 9.64 Å². The molecule has 0 bridgehead atoms. The van der Waals surface area contributed by atoms with E-state index in [1.807, 2.05) is 18.2 Å². The fourth-order valence-corrected chi connectivity index (χ4v) is 5.00. The first-order chi connectivity index (χ1) is 12.6. The van der Waals surface area contributed by atoms with Gasteiger partial charge in [0.15, 0.2) is 9.84 Å². The third-order valence-electron chi connectivity index (χ3n) is 5.38. The molecule has 5 nitrogen and oxygen atoms in total. The smallest absolute Gasteiger partial charge is 0.152 e. The molecule has 0 aromatic heterocycles. The number of unbranched alkanes of at least 4 members (excludes halogenated alkanes) is 1. The van der Waals surface area contributed by atoms with E-state index in [1.54, 1.807) is 0 Å². The van der Waals surface area contributed by atoms with Gasteiger partial charge in [-0.3, -0.25) is 4.90 Å². The molecule has 0 amide bonds. The lowest BCUT2D eigenvalue weighted by molar-refractivity contribution is 0.215. The summed E-state index contributed by atoms with van der Waals surface area (Å²) in [6.07, 6.45) is 6.35. The second kappa shape index (κ2) is 9.72. The summed E-state index contributed by atoms with van der Waals surface area (Å²) in [6.45, 7) is 6.45. The number of likely N-dealkylation sites (tertiary alicyclic amines) is 1. The van der Waals surface area contributed by atoms with E-state index in [1.165, 1.54) is 45.3 Å². The number of piperidine rings is 1. The van der Waals surface area contributed by atoms with E-state index in [2.05, 4.69) is 15.9 Å². The Kier molecular flexibility index (Phi) is 7.34. The highest BCUT2D eigenvalue weighted by Gasteiger charge is 2.22. The van der Waals surface area contributed by atoms with Crippen molar-refractivity contribution >= 4 is 9.84 Å². The molecule has 3 rings (SSSR count). The van der Waals surface area contributed by atoms with Crippen LogP contribution < -0.4 is 4.74 Å². The minimum atomic E-state index is -2.82. The van der Waals surface area contributed by atoms with Gasteiger partial charge >= 0.3 is 0 Å². The van der Waals surface area contributed by atoms with Gasteiger partial charge in [0.2, 0.25) is 0 Å². The second-order valence-electron chi connectivity index (χ2n) is 7.49. The zero-order valence-electron chi connectivity index (χ0n) is 15.7. The molecular weight excluding hydrogens is 348 g/mol. The first-order valence-corrected chi connectivity index (χ1v) is 11.8. The van der Waals surface area contributed by atoms with Crippen molar-refractivity contribution in [2.24, 2.45) is 0 Å². The van der Waals surface area contributed by atoms with E-state index in [4.69, 9.17) is 4.74 Å². The van der Waals surface area contributed by atoms with Gasteiger partial charge in [0.1, 0.15) is 5.75 Å². The third kappa shape index (κ3) is 6.25. The lowest BCUT2D eigenvalue weighted by Crippen LogP contribution is -2.39. The van der Waals surface area contributed by atoms with Gasteiger partial charge in [0.25, 0.3) is 0 Å². The molecule has 1 aromatic rings. The van der Waals surface area contributed by atoms with Crippen LogP contribution in [0.1, 0.15) is 37.7 Å². The highest BCUT2D eigenvalue weighted by atomic mass is 32.2. The van der Waals surface area contributed by atoms with Crippen molar-refractivity contribution < 1.29 is 13.2 Å². The average Bonchev–Trinajstić information content (AvgIpc) is 2.65. The van der Waals surface area contributed by atoms with Crippen LogP contribution in [0.2, 0.25) is 0 Å². The molecule has 0 saturated carbocycles. The summed E-state index contributed by atoms with van der Waals surface area (Å²) < 4.78 is 29.2. The predicted octanol–water partition coefficient (Wildman–Crippen LogP) is 2.56. The van der Waals surface area contributed by atoms with Gasteiger partial charge in [-0.2, -0.15) is 0 Å². The average molecular weight is 381 g/mol. The summed E-state index contributed by atoms with van der Waals surface area (Å²) in [5.41, 5.74) is 1.16. The Hall–Kier alpha value is -1.11. The number of hydrogen-bond acceptors (Lipinski definition) is 5. The molecule has 146 valence electrons. The first kappa shape index (κ1) is 19.6. The molecule has 0 N–H and O–H groups in total. The summed E-state index contributed by atoms with van der Waals surface area (Å²) in [5.74, 6) is 1.48. The molecular formula is C20H32N2O3S. The molecule has 6 heteroatoms. The maximum Gasteiger partial charge on any atom is 0.152 e. The molecule has 2 saturated heterocycles. The number of ether oxygens (including phenoxy) is 1. The Morgan fingerprint density at radius 2 is 1.62 bits per heavy atom. The maximum atomic E-state index is 11.6. The number of hydrogen-bond donors (Lipinski definition) is 0. The minimum Gasteiger partial charge on any atom is -0.493 e. The largest absolute Gasteiger partial charge is 0.493 e. The van der Waals surface area contributed by atoms with Crippen molar-refractivity contribution in [2.75, 3.05) is 50.8 Å². The van der Waals surface area contributed by atoms with E-state index in [9.17, 15) is 8.42 Å². The van der Waals surface area contributed by atoms with Gasteiger partial charge in [0, 0.05) is 25.2 Å². The number of benzene rings is 1. The van der Waals surface area contributed by atoms with E-state index >= 15 is 0 Å². The van der Waals surface area contributed by atoms with Crippen LogP contribution in [0, 0.1) is 0 Å². The van der Waals surface area contributed by atoms with Crippen molar-refractivity contribution in [1.82, 2.24) is 9.80 Å². The topological polar surface area (TPSA) is 49.9 Å². The number of rotatable bonds is 8. The Balaban J connectivity index is 1.40. The molecule has 2 aliphatic rings. The minimum absolute atomic E-state index is 0.270. The van der Waals surface area contributed by atoms with Crippen molar-refractivity contribution in [3.63, 3.8) is 0 Å². The fraction of sp³-hybridized carbons (Fsp3) is 0.700. The lowest BCUT2D eigenvalue weighted by atomic mass is 10.1. The van der Waals surface area contributed by atoms with Gasteiger partial charge in [-0.1, -0.05) is 24.6 Å². The molecule has 2 aliphatic heterocycles. The predicted molar refractivity (Wildman–Crippen MR) is 105 cm³/mol. The summed E-state index contributed by atoms with van der Waals surface area (Å²) in [4.78, 5) is 4.78. The van der Waals surface area contributed by atoms with Crippen molar-refractivity contribution in [3.05, 3.63) is 29.8 Å². The van der Waals surface area contributed by atoms with Gasteiger partial charge in [0.05, 0.1) is 18.1 Å². The lowest BCUT2D eigenvalue weighted by Gasteiger charge is -2.27. The first-order valence-electron chi connectivity index (χ1n) is 9.98. The van der Waals surface area contributed by atoms with Crippen molar-refractivity contribution in [3.8, 4) is 5.75 Å². The van der Waals surface area contributed by atoms with Crippen LogP contribution in [0.3, 0.4) is 0 Å². The molecule has 26 heavy (non-hydrogen) atoms. The summed E-state index contributed by atoms with van der Waals surface area (Å²) in [6, 6.07) is 8.15. The summed E-state index contributed by atoms with van der Waals surface area (Å²) in [7, 11) is -2.82. The molecule has 0 unspecified atom stereocenters. The van der Waals surface area contributed by atoms with E-state index < -0.39 is 9.84 Å². The number of para-hydroxylation sites is 1. The van der Waals surface area contributed by atoms with Gasteiger partial charge in [-0.15, -0.1) is 0 Å². The van der Waals surface area contributed by atoms with Gasteiger partial charge in [-0.25, -0.2) is 8.42 Å². The molecule has 1 aromatic carbocycles.